The van der Waals surface area contributed by atoms with Gasteiger partial charge in [0.2, 0.25) is 0 Å². The highest BCUT2D eigenvalue weighted by molar-refractivity contribution is 6.04. The average Bonchev–Trinajstić information content (AvgIpc) is 3.14. The first-order valence-electron chi connectivity index (χ1n) is 9.25. The van der Waals surface area contributed by atoms with E-state index in [1.54, 1.807) is 6.20 Å². The van der Waals surface area contributed by atoms with Crippen LogP contribution in [-0.4, -0.2) is 25.9 Å². The largest absolute Gasteiger partial charge is 0.305 e. The van der Waals surface area contributed by atoms with Gasteiger partial charge in [-0.1, -0.05) is 32.1 Å². The van der Waals surface area contributed by atoms with E-state index in [1.807, 2.05) is 17.7 Å². The molecule has 1 aliphatic carbocycles. The van der Waals surface area contributed by atoms with Gasteiger partial charge in [-0.15, -0.1) is 0 Å². The van der Waals surface area contributed by atoms with Crippen molar-refractivity contribution in [1.29, 1.82) is 0 Å². The van der Waals surface area contributed by atoms with Crippen molar-refractivity contribution in [1.82, 2.24) is 20.0 Å². The van der Waals surface area contributed by atoms with Gasteiger partial charge >= 0.3 is 0 Å². The van der Waals surface area contributed by atoms with Crippen LogP contribution in [0.5, 0.6) is 0 Å². The summed E-state index contributed by atoms with van der Waals surface area (Å²) in [6, 6.07) is 1.95. The lowest BCUT2D eigenvalue weighted by atomic mass is 9.86. The molecule has 2 aromatic rings. The summed E-state index contributed by atoms with van der Waals surface area (Å²) in [5, 5.41) is 14.7. The lowest BCUT2D eigenvalue weighted by molar-refractivity contribution is 0.102. The number of rotatable bonds is 4. The maximum absolute atomic E-state index is 12.6. The SMILES string of the molecule is Cc1nn(C(C)(C)C)cc1C(=O)Nc1cc(CC2CCCCC2)[nH]n1. The number of hydrogen-bond acceptors (Lipinski definition) is 3. The van der Waals surface area contributed by atoms with Crippen molar-refractivity contribution in [2.24, 2.45) is 5.92 Å². The third-order valence-electron chi connectivity index (χ3n) is 4.94. The number of nitrogens with zero attached hydrogens (tertiary/aromatic N) is 3. The van der Waals surface area contributed by atoms with Crippen molar-refractivity contribution in [3.05, 3.63) is 29.2 Å². The number of hydrogen-bond donors (Lipinski definition) is 2. The molecule has 1 aliphatic rings. The second-order valence-corrected chi connectivity index (χ2v) is 8.18. The van der Waals surface area contributed by atoms with Crippen molar-refractivity contribution in [3.63, 3.8) is 0 Å². The monoisotopic (exact) mass is 343 g/mol. The van der Waals surface area contributed by atoms with Gasteiger partial charge in [-0.2, -0.15) is 10.2 Å². The molecule has 0 spiro atoms. The summed E-state index contributed by atoms with van der Waals surface area (Å²) in [5.41, 5.74) is 2.27. The number of carbonyl (C=O) groups is 1. The molecule has 2 aromatic heterocycles. The summed E-state index contributed by atoms with van der Waals surface area (Å²) in [7, 11) is 0. The zero-order chi connectivity index (χ0) is 18.0. The number of nitrogens with one attached hydrogen (secondary N) is 2. The van der Waals surface area contributed by atoms with Crippen LogP contribution in [0.3, 0.4) is 0 Å². The maximum Gasteiger partial charge on any atom is 0.260 e. The normalized spacial score (nSPS) is 16.2. The molecule has 1 fully saturated rings. The summed E-state index contributed by atoms with van der Waals surface area (Å²) < 4.78 is 1.83. The Morgan fingerprint density at radius 1 is 1.32 bits per heavy atom. The molecule has 6 heteroatoms. The fraction of sp³-hybridized carbons (Fsp3) is 0.632. The van der Waals surface area contributed by atoms with Crippen LogP contribution in [0.25, 0.3) is 0 Å². The van der Waals surface area contributed by atoms with Crippen LogP contribution in [0.15, 0.2) is 12.3 Å². The second kappa shape index (κ2) is 7.02. The summed E-state index contributed by atoms with van der Waals surface area (Å²) in [5.74, 6) is 1.16. The Bertz CT molecular complexity index is 731. The zero-order valence-corrected chi connectivity index (χ0v) is 15.7. The third kappa shape index (κ3) is 4.30. The lowest BCUT2D eigenvalue weighted by Gasteiger charge is -2.20. The van der Waals surface area contributed by atoms with Crippen LogP contribution in [0, 0.1) is 12.8 Å². The van der Waals surface area contributed by atoms with E-state index in [0.717, 1.165) is 23.7 Å². The number of aromatic amines is 1. The minimum atomic E-state index is -0.163. The minimum absolute atomic E-state index is 0.150. The third-order valence-corrected chi connectivity index (χ3v) is 4.94. The maximum atomic E-state index is 12.6. The van der Waals surface area contributed by atoms with Crippen LogP contribution in [-0.2, 0) is 12.0 Å². The molecule has 1 amide bonds. The Kier molecular flexibility index (Phi) is 4.97. The molecule has 0 unspecified atom stereocenters. The molecule has 0 radical (unpaired) electrons. The number of H-pyrrole nitrogens is 1. The van der Waals surface area contributed by atoms with Gasteiger partial charge in [0.15, 0.2) is 5.82 Å². The first-order chi connectivity index (χ1) is 11.8. The molecular formula is C19H29N5O. The standard InChI is InChI=1S/C19H29N5O/c1-13-16(12-24(23-13)19(2,3)4)18(25)20-17-11-15(21-22-17)10-14-8-6-5-7-9-14/h11-12,14H,5-10H2,1-4H3,(H2,20,21,22,25). The molecule has 25 heavy (non-hydrogen) atoms. The van der Waals surface area contributed by atoms with Gasteiger partial charge in [-0.05, 0) is 40.0 Å². The van der Waals surface area contributed by atoms with Crippen LogP contribution in [0.4, 0.5) is 5.82 Å². The van der Waals surface area contributed by atoms with Crippen LogP contribution in [0.1, 0.15) is 74.6 Å². The highest BCUT2D eigenvalue weighted by Crippen LogP contribution is 2.27. The second-order valence-electron chi connectivity index (χ2n) is 8.18. The average molecular weight is 343 g/mol. The van der Waals surface area contributed by atoms with E-state index in [4.69, 9.17) is 0 Å². The molecule has 0 saturated heterocycles. The van der Waals surface area contributed by atoms with E-state index in [2.05, 4.69) is 41.4 Å². The van der Waals surface area contributed by atoms with Gasteiger partial charge in [-0.25, -0.2) is 0 Å². The smallest absolute Gasteiger partial charge is 0.260 e. The summed E-state index contributed by atoms with van der Waals surface area (Å²) in [6.45, 7) is 8.04. The quantitative estimate of drug-likeness (QED) is 0.879. The number of carbonyl (C=O) groups excluding carboxylic acids is 1. The van der Waals surface area contributed by atoms with E-state index in [9.17, 15) is 4.79 Å². The molecule has 0 aromatic carbocycles. The molecular weight excluding hydrogens is 314 g/mol. The van der Waals surface area contributed by atoms with E-state index < -0.39 is 0 Å². The van der Waals surface area contributed by atoms with E-state index in [0.29, 0.717) is 11.4 Å². The minimum Gasteiger partial charge on any atom is -0.305 e. The van der Waals surface area contributed by atoms with Gasteiger partial charge in [0.25, 0.3) is 5.91 Å². The zero-order valence-electron chi connectivity index (χ0n) is 15.7. The topological polar surface area (TPSA) is 75.6 Å². The van der Waals surface area contributed by atoms with Crippen LogP contribution < -0.4 is 5.32 Å². The lowest BCUT2D eigenvalue weighted by Crippen LogP contribution is -2.22. The van der Waals surface area contributed by atoms with Crippen molar-refractivity contribution in [2.75, 3.05) is 5.32 Å². The van der Waals surface area contributed by atoms with E-state index in [1.165, 1.54) is 32.1 Å². The molecule has 0 aliphatic heterocycles. The fourth-order valence-corrected chi connectivity index (χ4v) is 3.44. The van der Waals surface area contributed by atoms with E-state index in [-0.39, 0.29) is 11.4 Å². The number of aromatic nitrogens is 4. The summed E-state index contributed by atoms with van der Waals surface area (Å²) in [4.78, 5) is 12.6. The molecule has 2 heterocycles. The van der Waals surface area contributed by atoms with Crippen LogP contribution in [0.2, 0.25) is 0 Å². The number of aryl methyl sites for hydroxylation is 1. The van der Waals surface area contributed by atoms with Crippen LogP contribution >= 0.6 is 0 Å². The van der Waals surface area contributed by atoms with Crippen molar-refractivity contribution in [3.8, 4) is 0 Å². The molecule has 2 N–H and O–H groups in total. The molecule has 1 saturated carbocycles. The first-order valence-corrected chi connectivity index (χ1v) is 9.25. The summed E-state index contributed by atoms with van der Waals surface area (Å²) in [6.07, 6.45) is 9.45. The fourth-order valence-electron chi connectivity index (χ4n) is 3.44. The Hall–Kier alpha value is -2.11. The molecule has 0 atom stereocenters. The predicted molar refractivity (Wildman–Crippen MR) is 98.8 cm³/mol. The van der Waals surface area contributed by atoms with E-state index >= 15 is 0 Å². The molecule has 0 bridgehead atoms. The van der Waals surface area contributed by atoms with Crippen molar-refractivity contribution in [2.45, 2.75) is 71.8 Å². The Morgan fingerprint density at radius 3 is 2.68 bits per heavy atom. The number of amides is 1. The summed E-state index contributed by atoms with van der Waals surface area (Å²) >= 11 is 0. The van der Waals surface area contributed by atoms with Gasteiger partial charge in [0.05, 0.1) is 16.8 Å². The molecule has 136 valence electrons. The van der Waals surface area contributed by atoms with Gasteiger partial charge in [0, 0.05) is 18.0 Å². The first kappa shape index (κ1) is 17.7. The van der Waals surface area contributed by atoms with Gasteiger partial charge in [0.1, 0.15) is 0 Å². The predicted octanol–water partition coefficient (Wildman–Crippen LogP) is 4.04. The molecule has 6 nitrogen and oxygen atoms in total. The van der Waals surface area contributed by atoms with Crippen molar-refractivity contribution >= 4 is 11.7 Å². The highest BCUT2D eigenvalue weighted by atomic mass is 16.1. The highest BCUT2D eigenvalue weighted by Gasteiger charge is 2.21. The van der Waals surface area contributed by atoms with Gasteiger partial charge < -0.3 is 5.32 Å². The Labute approximate surface area is 149 Å². The van der Waals surface area contributed by atoms with Gasteiger partial charge in [-0.3, -0.25) is 14.6 Å². The van der Waals surface area contributed by atoms with Crippen molar-refractivity contribution < 1.29 is 4.79 Å². The molecule has 3 rings (SSSR count). The Morgan fingerprint density at radius 2 is 2.04 bits per heavy atom. The Balaban J connectivity index is 1.64. The number of anilines is 1.